The van der Waals surface area contributed by atoms with Crippen LogP contribution in [0, 0.1) is 0 Å². The van der Waals surface area contributed by atoms with Crippen LogP contribution in [0.25, 0.3) is 0 Å². The van der Waals surface area contributed by atoms with Gasteiger partial charge in [-0.15, -0.1) is 11.6 Å². The molecular weight excluding hydrogens is 202 g/mol. The lowest BCUT2D eigenvalue weighted by molar-refractivity contribution is 0.322. The number of thiophene rings is 1. The van der Waals surface area contributed by atoms with E-state index in [-0.39, 0.29) is 5.38 Å². The highest BCUT2D eigenvalue weighted by molar-refractivity contribution is 7.07. The van der Waals surface area contributed by atoms with Crippen LogP contribution in [0.2, 0.25) is 0 Å². The third-order valence-corrected chi connectivity index (χ3v) is 2.89. The van der Waals surface area contributed by atoms with E-state index in [2.05, 4.69) is 28.8 Å². The smallest absolute Gasteiger partial charge is 0.0320 e. The average Bonchev–Trinajstić information content (AvgIpc) is 2.53. The molecule has 0 fully saturated rings. The van der Waals surface area contributed by atoms with Crippen LogP contribution in [0.3, 0.4) is 0 Å². The molecular formula is C10H16ClNS. The van der Waals surface area contributed by atoms with Crippen LogP contribution in [0.4, 0.5) is 0 Å². The molecule has 1 atom stereocenters. The largest absolute Gasteiger partial charge is 0.302 e. The van der Waals surface area contributed by atoms with Crippen molar-refractivity contribution in [2.24, 2.45) is 0 Å². The normalized spacial score (nSPS) is 13.5. The van der Waals surface area contributed by atoms with Crippen molar-refractivity contribution in [1.82, 2.24) is 4.90 Å². The van der Waals surface area contributed by atoms with Crippen LogP contribution in [-0.4, -0.2) is 23.9 Å². The van der Waals surface area contributed by atoms with Crippen molar-refractivity contribution in [3.8, 4) is 0 Å². The van der Waals surface area contributed by atoms with E-state index in [1.165, 1.54) is 5.56 Å². The van der Waals surface area contributed by atoms with E-state index in [0.29, 0.717) is 0 Å². The molecule has 1 rings (SSSR count). The molecule has 0 spiro atoms. The second-order valence-corrected chi connectivity index (χ2v) is 4.96. The zero-order chi connectivity index (χ0) is 9.68. The molecule has 0 aliphatic heterocycles. The fraction of sp³-hybridized carbons (Fsp3) is 0.600. The summed E-state index contributed by atoms with van der Waals surface area (Å²) < 4.78 is 0. The van der Waals surface area contributed by atoms with E-state index in [1.807, 2.05) is 6.92 Å². The lowest BCUT2D eigenvalue weighted by Crippen LogP contribution is -2.20. The Morgan fingerprint density at radius 3 is 2.92 bits per heavy atom. The minimum atomic E-state index is 0.282. The molecule has 74 valence electrons. The molecule has 0 bridgehead atoms. The Morgan fingerprint density at radius 1 is 1.62 bits per heavy atom. The van der Waals surface area contributed by atoms with Crippen LogP contribution < -0.4 is 0 Å². The summed E-state index contributed by atoms with van der Waals surface area (Å²) in [4.78, 5) is 2.31. The topological polar surface area (TPSA) is 3.24 Å². The van der Waals surface area contributed by atoms with Gasteiger partial charge in [0.2, 0.25) is 0 Å². The Balaban J connectivity index is 2.22. The lowest BCUT2D eigenvalue weighted by Gasteiger charge is -2.16. The van der Waals surface area contributed by atoms with Crippen molar-refractivity contribution >= 4 is 22.9 Å². The van der Waals surface area contributed by atoms with Crippen LogP contribution in [-0.2, 0) is 6.54 Å². The number of halogens is 1. The van der Waals surface area contributed by atoms with Crippen molar-refractivity contribution in [1.29, 1.82) is 0 Å². The Labute approximate surface area is 89.3 Å². The van der Waals surface area contributed by atoms with Crippen LogP contribution in [0.1, 0.15) is 18.9 Å². The second kappa shape index (κ2) is 5.63. The standard InChI is InChI=1S/C10H16ClNS/c1-9(11)3-5-12(2)7-10-4-6-13-8-10/h4,6,8-9H,3,5,7H2,1-2H3. The Kier molecular flexibility index (Phi) is 4.78. The molecule has 0 saturated carbocycles. The third kappa shape index (κ3) is 4.65. The molecule has 0 N–H and O–H groups in total. The summed E-state index contributed by atoms with van der Waals surface area (Å²) in [6, 6.07) is 2.17. The molecule has 1 aromatic rings. The van der Waals surface area contributed by atoms with Crippen molar-refractivity contribution in [3.05, 3.63) is 22.4 Å². The highest BCUT2D eigenvalue weighted by Gasteiger charge is 2.02. The maximum Gasteiger partial charge on any atom is 0.0320 e. The monoisotopic (exact) mass is 217 g/mol. The van der Waals surface area contributed by atoms with Crippen LogP contribution >= 0.6 is 22.9 Å². The summed E-state index contributed by atoms with van der Waals surface area (Å²) in [5.41, 5.74) is 1.40. The minimum absolute atomic E-state index is 0.282. The van der Waals surface area contributed by atoms with Crippen molar-refractivity contribution in [2.75, 3.05) is 13.6 Å². The molecule has 3 heteroatoms. The van der Waals surface area contributed by atoms with Gasteiger partial charge in [0.05, 0.1) is 0 Å². The highest BCUT2D eigenvalue weighted by atomic mass is 35.5. The maximum atomic E-state index is 5.88. The fourth-order valence-corrected chi connectivity index (χ4v) is 1.93. The Bertz CT molecular complexity index is 221. The molecule has 1 nitrogen and oxygen atoms in total. The zero-order valence-electron chi connectivity index (χ0n) is 8.16. The summed E-state index contributed by atoms with van der Waals surface area (Å²) in [6.07, 6.45) is 1.06. The van der Waals surface area contributed by atoms with Gasteiger partial charge in [-0.3, -0.25) is 0 Å². The highest BCUT2D eigenvalue weighted by Crippen LogP contribution is 2.09. The van der Waals surface area contributed by atoms with Crippen molar-refractivity contribution in [2.45, 2.75) is 25.3 Å². The summed E-state index contributed by atoms with van der Waals surface area (Å²) in [5, 5.41) is 4.60. The minimum Gasteiger partial charge on any atom is -0.302 e. The number of hydrogen-bond donors (Lipinski definition) is 0. The molecule has 0 aliphatic carbocycles. The summed E-state index contributed by atoms with van der Waals surface area (Å²) in [5.74, 6) is 0. The van der Waals surface area contributed by atoms with Gasteiger partial charge in [0.1, 0.15) is 0 Å². The van der Waals surface area contributed by atoms with Gasteiger partial charge in [-0.2, -0.15) is 11.3 Å². The number of rotatable bonds is 5. The van der Waals surface area contributed by atoms with Gasteiger partial charge in [0.15, 0.2) is 0 Å². The molecule has 1 unspecified atom stereocenters. The summed E-state index contributed by atoms with van der Waals surface area (Å²) in [7, 11) is 2.14. The van der Waals surface area contributed by atoms with E-state index in [9.17, 15) is 0 Å². The summed E-state index contributed by atoms with van der Waals surface area (Å²) in [6.45, 7) is 4.15. The number of alkyl halides is 1. The van der Waals surface area contributed by atoms with E-state index >= 15 is 0 Å². The van der Waals surface area contributed by atoms with E-state index in [1.54, 1.807) is 11.3 Å². The molecule has 1 heterocycles. The maximum absolute atomic E-state index is 5.88. The van der Waals surface area contributed by atoms with E-state index in [4.69, 9.17) is 11.6 Å². The van der Waals surface area contributed by atoms with Gasteiger partial charge in [-0.25, -0.2) is 0 Å². The Hall–Kier alpha value is -0.0500. The van der Waals surface area contributed by atoms with Crippen LogP contribution in [0.15, 0.2) is 16.8 Å². The van der Waals surface area contributed by atoms with Gasteiger partial charge in [0, 0.05) is 11.9 Å². The molecule has 13 heavy (non-hydrogen) atoms. The van der Waals surface area contributed by atoms with Gasteiger partial charge in [-0.05, 0) is 49.3 Å². The molecule has 0 saturated heterocycles. The van der Waals surface area contributed by atoms with Gasteiger partial charge in [-0.1, -0.05) is 0 Å². The van der Waals surface area contributed by atoms with Crippen molar-refractivity contribution in [3.63, 3.8) is 0 Å². The van der Waals surface area contributed by atoms with E-state index in [0.717, 1.165) is 19.5 Å². The quantitative estimate of drug-likeness (QED) is 0.685. The predicted molar refractivity (Wildman–Crippen MR) is 60.6 cm³/mol. The lowest BCUT2D eigenvalue weighted by atomic mass is 10.3. The SMILES string of the molecule is CC(Cl)CCN(C)Cc1ccsc1. The first-order valence-electron chi connectivity index (χ1n) is 4.52. The molecule has 1 aromatic heterocycles. The molecule has 0 aliphatic rings. The van der Waals surface area contributed by atoms with Gasteiger partial charge < -0.3 is 4.90 Å². The van der Waals surface area contributed by atoms with E-state index < -0.39 is 0 Å². The number of hydrogen-bond acceptors (Lipinski definition) is 2. The first-order chi connectivity index (χ1) is 6.18. The van der Waals surface area contributed by atoms with Crippen LogP contribution in [0.5, 0.6) is 0 Å². The third-order valence-electron chi connectivity index (χ3n) is 1.94. The average molecular weight is 218 g/mol. The zero-order valence-corrected chi connectivity index (χ0v) is 9.74. The fourth-order valence-electron chi connectivity index (χ4n) is 1.17. The van der Waals surface area contributed by atoms with Gasteiger partial charge in [0.25, 0.3) is 0 Å². The molecule has 0 aromatic carbocycles. The first-order valence-corrected chi connectivity index (χ1v) is 5.90. The number of nitrogens with zero attached hydrogens (tertiary/aromatic N) is 1. The second-order valence-electron chi connectivity index (χ2n) is 3.44. The summed E-state index contributed by atoms with van der Waals surface area (Å²) >= 11 is 7.63. The predicted octanol–water partition coefficient (Wildman–Crippen LogP) is 3.20. The molecule has 0 radical (unpaired) electrons. The first kappa shape index (κ1) is 11.0. The molecule has 0 amide bonds. The Morgan fingerprint density at radius 2 is 2.38 bits per heavy atom. The van der Waals surface area contributed by atoms with Gasteiger partial charge >= 0.3 is 0 Å². The van der Waals surface area contributed by atoms with Crippen molar-refractivity contribution < 1.29 is 0 Å².